The lowest BCUT2D eigenvalue weighted by atomic mass is 10.1. The van der Waals surface area contributed by atoms with Crippen LogP contribution in [0.4, 0.5) is 0 Å². The minimum atomic E-state index is 0.790. The number of guanidine groups is 1. The summed E-state index contributed by atoms with van der Waals surface area (Å²) in [6.45, 7) is 3.65. The van der Waals surface area contributed by atoms with Gasteiger partial charge < -0.3 is 20.1 Å². The monoisotopic (exact) mass is 355 g/mol. The van der Waals surface area contributed by atoms with Crippen LogP contribution in [-0.4, -0.2) is 40.3 Å². The summed E-state index contributed by atoms with van der Waals surface area (Å²) >= 11 is 0. The van der Waals surface area contributed by atoms with Crippen LogP contribution < -0.4 is 20.1 Å². The second-order valence-corrected chi connectivity index (χ2v) is 6.04. The highest BCUT2D eigenvalue weighted by molar-refractivity contribution is 5.79. The third-order valence-electron chi connectivity index (χ3n) is 4.28. The standard InChI is InChI=1S/C21H29N3O2/c1-16-9-10-17(15-20(16)26-4)11-13-23-21(22-2)24-14-12-18-7-5-6-8-19(18)25-3/h5-10,15H,11-14H2,1-4H3,(H2,22,23,24). The van der Waals surface area contributed by atoms with E-state index in [9.17, 15) is 0 Å². The van der Waals surface area contributed by atoms with Crippen LogP contribution in [0.25, 0.3) is 0 Å². The molecule has 26 heavy (non-hydrogen) atoms. The fourth-order valence-corrected chi connectivity index (χ4v) is 2.79. The Hall–Kier alpha value is -2.69. The highest BCUT2D eigenvalue weighted by atomic mass is 16.5. The van der Waals surface area contributed by atoms with Crippen LogP contribution in [-0.2, 0) is 12.8 Å². The summed E-state index contributed by atoms with van der Waals surface area (Å²) in [5.41, 5.74) is 3.58. The fraction of sp³-hybridized carbons (Fsp3) is 0.381. The minimum absolute atomic E-state index is 0.790. The van der Waals surface area contributed by atoms with Crippen LogP contribution in [0.1, 0.15) is 16.7 Å². The summed E-state index contributed by atoms with van der Waals surface area (Å²) in [6, 6.07) is 14.4. The fourth-order valence-electron chi connectivity index (χ4n) is 2.79. The van der Waals surface area contributed by atoms with E-state index >= 15 is 0 Å². The molecule has 5 heteroatoms. The van der Waals surface area contributed by atoms with Gasteiger partial charge >= 0.3 is 0 Å². The van der Waals surface area contributed by atoms with Gasteiger partial charge in [0.2, 0.25) is 0 Å². The van der Waals surface area contributed by atoms with E-state index in [-0.39, 0.29) is 0 Å². The number of nitrogens with zero attached hydrogens (tertiary/aromatic N) is 1. The Morgan fingerprint density at radius 2 is 1.62 bits per heavy atom. The maximum absolute atomic E-state index is 5.39. The summed E-state index contributed by atoms with van der Waals surface area (Å²) < 4.78 is 10.8. The Morgan fingerprint density at radius 3 is 2.31 bits per heavy atom. The molecule has 0 atom stereocenters. The van der Waals surface area contributed by atoms with E-state index in [1.807, 2.05) is 25.1 Å². The van der Waals surface area contributed by atoms with Crippen molar-refractivity contribution in [3.8, 4) is 11.5 Å². The van der Waals surface area contributed by atoms with Crippen LogP contribution >= 0.6 is 0 Å². The van der Waals surface area contributed by atoms with Gasteiger partial charge in [-0.15, -0.1) is 0 Å². The zero-order valence-corrected chi connectivity index (χ0v) is 16.1. The van der Waals surface area contributed by atoms with Crippen molar-refractivity contribution in [2.24, 2.45) is 4.99 Å². The molecule has 0 heterocycles. The zero-order chi connectivity index (χ0) is 18.8. The summed E-state index contributed by atoms with van der Waals surface area (Å²) in [6.07, 6.45) is 1.78. The second-order valence-electron chi connectivity index (χ2n) is 6.04. The molecular weight excluding hydrogens is 326 g/mol. The molecule has 0 saturated heterocycles. The average Bonchev–Trinajstić information content (AvgIpc) is 2.68. The molecule has 2 aromatic carbocycles. The Balaban J connectivity index is 1.77. The van der Waals surface area contributed by atoms with Crippen LogP contribution in [0.2, 0.25) is 0 Å². The van der Waals surface area contributed by atoms with Crippen molar-refractivity contribution < 1.29 is 9.47 Å². The molecule has 0 aromatic heterocycles. The maximum atomic E-state index is 5.39. The van der Waals surface area contributed by atoms with Crippen molar-refractivity contribution in [3.05, 3.63) is 59.2 Å². The lowest BCUT2D eigenvalue weighted by molar-refractivity contribution is 0.409. The van der Waals surface area contributed by atoms with Gasteiger partial charge in [0.05, 0.1) is 14.2 Å². The summed E-state index contributed by atoms with van der Waals surface area (Å²) in [4.78, 5) is 4.28. The molecular formula is C21H29N3O2. The molecule has 0 unspecified atom stereocenters. The molecule has 5 nitrogen and oxygen atoms in total. The van der Waals surface area contributed by atoms with E-state index in [1.165, 1.54) is 11.1 Å². The first-order valence-electron chi connectivity index (χ1n) is 8.88. The first-order valence-corrected chi connectivity index (χ1v) is 8.88. The molecule has 0 aliphatic rings. The molecule has 0 spiro atoms. The van der Waals surface area contributed by atoms with Gasteiger partial charge in [-0.25, -0.2) is 0 Å². The third-order valence-corrected chi connectivity index (χ3v) is 4.28. The molecule has 2 aromatic rings. The van der Waals surface area contributed by atoms with Crippen LogP contribution in [0, 0.1) is 6.92 Å². The van der Waals surface area contributed by atoms with Gasteiger partial charge in [0.15, 0.2) is 5.96 Å². The van der Waals surface area contributed by atoms with Crippen molar-refractivity contribution in [2.75, 3.05) is 34.4 Å². The number of benzene rings is 2. The lowest BCUT2D eigenvalue weighted by Gasteiger charge is -2.13. The van der Waals surface area contributed by atoms with Gasteiger partial charge in [0.25, 0.3) is 0 Å². The maximum Gasteiger partial charge on any atom is 0.190 e. The molecule has 0 bridgehead atoms. The molecule has 2 N–H and O–H groups in total. The van der Waals surface area contributed by atoms with Crippen molar-refractivity contribution in [1.29, 1.82) is 0 Å². The Bertz CT molecular complexity index is 729. The number of methoxy groups -OCH3 is 2. The van der Waals surface area contributed by atoms with Crippen LogP contribution in [0.3, 0.4) is 0 Å². The molecule has 0 fully saturated rings. The second kappa shape index (κ2) is 10.3. The van der Waals surface area contributed by atoms with Crippen molar-refractivity contribution in [3.63, 3.8) is 0 Å². The predicted octanol–water partition coefficient (Wildman–Crippen LogP) is 2.96. The number of rotatable bonds is 8. The van der Waals surface area contributed by atoms with Crippen molar-refractivity contribution in [2.45, 2.75) is 19.8 Å². The predicted molar refractivity (Wildman–Crippen MR) is 107 cm³/mol. The average molecular weight is 355 g/mol. The van der Waals surface area contributed by atoms with Crippen molar-refractivity contribution in [1.82, 2.24) is 10.6 Å². The SMILES string of the molecule is CN=C(NCCc1ccc(C)c(OC)c1)NCCc1ccccc1OC. The Labute approximate surface area is 156 Å². The highest BCUT2D eigenvalue weighted by Gasteiger charge is 2.04. The number of aryl methyl sites for hydroxylation is 1. The number of ether oxygens (including phenoxy) is 2. The molecule has 0 saturated carbocycles. The molecule has 0 amide bonds. The summed E-state index contributed by atoms with van der Waals surface area (Å²) in [5, 5.41) is 6.70. The number of hydrogen-bond acceptors (Lipinski definition) is 3. The molecule has 140 valence electrons. The molecule has 2 rings (SSSR count). The number of nitrogens with one attached hydrogen (secondary N) is 2. The third kappa shape index (κ3) is 5.69. The van der Waals surface area contributed by atoms with E-state index in [4.69, 9.17) is 9.47 Å². The first-order chi connectivity index (χ1) is 12.7. The quantitative estimate of drug-likeness (QED) is 0.565. The van der Waals surface area contributed by atoms with E-state index in [0.29, 0.717) is 0 Å². The van der Waals surface area contributed by atoms with Crippen LogP contribution in [0.15, 0.2) is 47.5 Å². The lowest BCUT2D eigenvalue weighted by Crippen LogP contribution is -2.39. The molecule has 0 aliphatic carbocycles. The van der Waals surface area contributed by atoms with E-state index in [2.05, 4.69) is 39.9 Å². The Morgan fingerprint density at radius 1 is 0.923 bits per heavy atom. The van der Waals surface area contributed by atoms with Crippen molar-refractivity contribution >= 4 is 5.96 Å². The van der Waals surface area contributed by atoms with E-state index in [0.717, 1.165) is 49.0 Å². The Kier molecular flexibility index (Phi) is 7.80. The summed E-state index contributed by atoms with van der Waals surface area (Å²) in [5.74, 6) is 2.66. The smallest absolute Gasteiger partial charge is 0.190 e. The largest absolute Gasteiger partial charge is 0.496 e. The minimum Gasteiger partial charge on any atom is -0.496 e. The molecule has 0 aliphatic heterocycles. The first kappa shape index (κ1) is 19.6. The van der Waals surface area contributed by atoms with Crippen LogP contribution in [0.5, 0.6) is 11.5 Å². The number of aliphatic imine (C=N–C) groups is 1. The number of hydrogen-bond donors (Lipinski definition) is 2. The van der Waals surface area contributed by atoms with Gasteiger partial charge in [0, 0.05) is 20.1 Å². The normalized spacial score (nSPS) is 11.2. The topological polar surface area (TPSA) is 54.9 Å². The number of para-hydroxylation sites is 1. The van der Waals surface area contributed by atoms with Gasteiger partial charge in [-0.1, -0.05) is 30.3 Å². The van der Waals surface area contributed by atoms with E-state index < -0.39 is 0 Å². The zero-order valence-electron chi connectivity index (χ0n) is 16.1. The van der Waals surface area contributed by atoms with Gasteiger partial charge in [0.1, 0.15) is 11.5 Å². The molecule has 0 radical (unpaired) electrons. The van der Waals surface area contributed by atoms with E-state index in [1.54, 1.807) is 21.3 Å². The van der Waals surface area contributed by atoms with Gasteiger partial charge in [-0.3, -0.25) is 4.99 Å². The summed E-state index contributed by atoms with van der Waals surface area (Å²) in [7, 11) is 5.19. The van der Waals surface area contributed by atoms with Gasteiger partial charge in [-0.2, -0.15) is 0 Å². The van der Waals surface area contributed by atoms with Gasteiger partial charge in [-0.05, 0) is 48.6 Å². The highest BCUT2D eigenvalue weighted by Crippen LogP contribution is 2.19.